The second kappa shape index (κ2) is 7.56. The summed E-state index contributed by atoms with van der Waals surface area (Å²) in [6.07, 6.45) is 5.51. The van der Waals surface area contributed by atoms with Gasteiger partial charge in [0.2, 0.25) is 5.91 Å². The average molecular weight is 297 g/mol. The van der Waals surface area contributed by atoms with E-state index in [1.54, 1.807) is 0 Å². The van der Waals surface area contributed by atoms with Crippen LogP contribution in [0, 0.1) is 5.92 Å². The molecule has 1 saturated heterocycles. The summed E-state index contributed by atoms with van der Waals surface area (Å²) in [6.45, 7) is 8.98. The summed E-state index contributed by atoms with van der Waals surface area (Å²) < 4.78 is 5.58. The van der Waals surface area contributed by atoms with E-state index >= 15 is 0 Å². The molecule has 3 N–H and O–H groups in total. The molecule has 122 valence electrons. The lowest BCUT2D eigenvalue weighted by Crippen LogP contribution is -2.58. The van der Waals surface area contributed by atoms with Gasteiger partial charge in [0.15, 0.2) is 0 Å². The summed E-state index contributed by atoms with van der Waals surface area (Å²) in [4.78, 5) is 14.5. The molecule has 2 rings (SSSR count). The van der Waals surface area contributed by atoms with Crippen molar-refractivity contribution in [3.8, 4) is 0 Å². The van der Waals surface area contributed by atoms with Crippen LogP contribution in [0.2, 0.25) is 0 Å². The first-order chi connectivity index (χ1) is 10.1. The molecule has 0 spiro atoms. The van der Waals surface area contributed by atoms with Crippen molar-refractivity contribution in [1.82, 2.24) is 10.2 Å². The van der Waals surface area contributed by atoms with E-state index in [2.05, 4.69) is 24.1 Å². The summed E-state index contributed by atoms with van der Waals surface area (Å²) in [7, 11) is 0. The fourth-order valence-electron chi connectivity index (χ4n) is 3.89. The molecule has 0 aromatic rings. The van der Waals surface area contributed by atoms with E-state index in [4.69, 9.17) is 10.5 Å². The van der Waals surface area contributed by atoms with Gasteiger partial charge in [-0.25, -0.2) is 0 Å². The zero-order chi connectivity index (χ0) is 15.3. The van der Waals surface area contributed by atoms with Gasteiger partial charge in [0.1, 0.15) is 5.54 Å². The van der Waals surface area contributed by atoms with Crippen molar-refractivity contribution in [1.29, 1.82) is 0 Å². The Balaban J connectivity index is 1.91. The highest BCUT2D eigenvalue weighted by molar-refractivity contribution is 5.85. The molecule has 1 saturated carbocycles. The van der Waals surface area contributed by atoms with Crippen LogP contribution >= 0.6 is 0 Å². The minimum absolute atomic E-state index is 0.159. The number of amides is 1. The number of primary amides is 1. The van der Waals surface area contributed by atoms with Gasteiger partial charge in [0, 0.05) is 13.1 Å². The summed E-state index contributed by atoms with van der Waals surface area (Å²) in [5.41, 5.74) is 5.30. The van der Waals surface area contributed by atoms with Crippen molar-refractivity contribution in [3.05, 3.63) is 0 Å². The van der Waals surface area contributed by atoms with Crippen LogP contribution in [0.5, 0.6) is 0 Å². The van der Waals surface area contributed by atoms with Gasteiger partial charge in [-0.2, -0.15) is 0 Å². The maximum Gasteiger partial charge on any atom is 0.238 e. The van der Waals surface area contributed by atoms with Gasteiger partial charge in [0.05, 0.1) is 12.7 Å². The predicted molar refractivity (Wildman–Crippen MR) is 84.0 cm³/mol. The van der Waals surface area contributed by atoms with Crippen molar-refractivity contribution in [3.63, 3.8) is 0 Å². The number of ether oxygens (including phenoxy) is 1. The molecule has 1 amide bonds. The molecule has 21 heavy (non-hydrogen) atoms. The maximum atomic E-state index is 12.1. The summed E-state index contributed by atoms with van der Waals surface area (Å²) in [5.74, 6) is 0.216. The number of rotatable bonds is 7. The number of nitrogens with one attached hydrogen (secondary N) is 1. The second-order valence-corrected chi connectivity index (χ2v) is 6.62. The maximum absolute atomic E-state index is 12.1. The predicted octanol–water partition coefficient (Wildman–Crippen LogP) is 1.12. The minimum Gasteiger partial charge on any atom is -0.376 e. The first kappa shape index (κ1) is 16.7. The molecule has 0 bridgehead atoms. The van der Waals surface area contributed by atoms with Crippen molar-refractivity contribution >= 4 is 5.91 Å². The van der Waals surface area contributed by atoms with Gasteiger partial charge in [0.25, 0.3) is 0 Å². The molecule has 3 atom stereocenters. The Kier molecular flexibility index (Phi) is 6.02. The van der Waals surface area contributed by atoms with Crippen LogP contribution in [-0.2, 0) is 9.53 Å². The highest BCUT2D eigenvalue weighted by atomic mass is 16.5. The first-order valence-electron chi connectivity index (χ1n) is 8.47. The summed E-state index contributed by atoms with van der Waals surface area (Å²) in [6, 6.07) is 0. The number of nitrogens with two attached hydrogens (primary N) is 1. The zero-order valence-corrected chi connectivity index (χ0v) is 13.6. The Morgan fingerprint density at radius 1 is 1.52 bits per heavy atom. The van der Waals surface area contributed by atoms with E-state index in [9.17, 15) is 4.79 Å². The number of carbonyl (C=O) groups is 1. The van der Waals surface area contributed by atoms with Crippen LogP contribution in [0.25, 0.3) is 0 Å². The van der Waals surface area contributed by atoms with Crippen LogP contribution in [0.3, 0.4) is 0 Å². The number of nitrogens with zero attached hydrogens (tertiary/aromatic N) is 1. The Morgan fingerprint density at radius 3 is 3.00 bits per heavy atom. The largest absolute Gasteiger partial charge is 0.376 e. The SMILES string of the molecule is CCCNC1(C(N)=O)CCCC1CCN1CCOC(C)C1. The van der Waals surface area contributed by atoms with Crippen LogP contribution in [0.4, 0.5) is 0 Å². The highest BCUT2D eigenvalue weighted by Gasteiger charge is 2.46. The summed E-state index contributed by atoms with van der Waals surface area (Å²) in [5, 5.41) is 3.47. The molecule has 5 heteroatoms. The van der Waals surface area contributed by atoms with Gasteiger partial charge < -0.3 is 15.8 Å². The number of morpholine rings is 1. The summed E-state index contributed by atoms with van der Waals surface area (Å²) >= 11 is 0. The molecular formula is C16H31N3O2. The number of hydrogen-bond acceptors (Lipinski definition) is 4. The van der Waals surface area contributed by atoms with E-state index in [1.807, 2.05) is 0 Å². The lowest BCUT2D eigenvalue weighted by Gasteiger charge is -2.36. The quantitative estimate of drug-likeness (QED) is 0.739. The molecule has 1 heterocycles. The van der Waals surface area contributed by atoms with E-state index in [1.165, 1.54) is 0 Å². The van der Waals surface area contributed by atoms with Crippen molar-refractivity contribution in [2.75, 3.05) is 32.8 Å². The van der Waals surface area contributed by atoms with Gasteiger partial charge in [-0.3, -0.25) is 9.69 Å². The molecule has 2 fully saturated rings. The van der Waals surface area contributed by atoms with Crippen LogP contribution in [0.15, 0.2) is 0 Å². The first-order valence-corrected chi connectivity index (χ1v) is 8.47. The van der Waals surface area contributed by atoms with Crippen LogP contribution in [-0.4, -0.2) is 55.2 Å². The molecule has 0 radical (unpaired) electrons. The number of carbonyl (C=O) groups excluding carboxylic acids is 1. The Bertz CT molecular complexity index is 350. The molecule has 3 unspecified atom stereocenters. The highest BCUT2D eigenvalue weighted by Crippen LogP contribution is 2.38. The molecule has 0 aromatic carbocycles. The van der Waals surface area contributed by atoms with E-state index in [0.29, 0.717) is 12.0 Å². The minimum atomic E-state index is -0.464. The second-order valence-electron chi connectivity index (χ2n) is 6.62. The lowest BCUT2D eigenvalue weighted by molar-refractivity contribution is -0.126. The Hall–Kier alpha value is -0.650. The third-order valence-electron chi connectivity index (χ3n) is 5.07. The van der Waals surface area contributed by atoms with E-state index in [0.717, 1.165) is 64.9 Å². The standard InChI is InChI=1S/C16H31N3O2/c1-3-8-18-16(15(17)20)7-4-5-14(16)6-9-19-10-11-21-13(2)12-19/h13-14,18H,3-12H2,1-2H3,(H2,17,20). The normalized spacial score (nSPS) is 34.2. The van der Waals surface area contributed by atoms with E-state index in [-0.39, 0.29) is 5.91 Å². The molecular weight excluding hydrogens is 266 g/mol. The van der Waals surface area contributed by atoms with Crippen LogP contribution < -0.4 is 11.1 Å². The van der Waals surface area contributed by atoms with Crippen LogP contribution in [0.1, 0.15) is 46.0 Å². The van der Waals surface area contributed by atoms with Gasteiger partial charge in [-0.15, -0.1) is 0 Å². The number of hydrogen-bond donors (Lipinski definition) is 2. The smallest absolute Gasteiger partial charge is 0.238 e. The topological polar surface area (TPSA) is 67.6 Å². The molecule has 1 aliphatic heterocycles. The third kappa shape index (κ3) is 3.96. The fourth-order valence-corrected chi connectivity index (χ4v) is 3.89. The average Bonchev–Trinajstić information content (AvgIpc) is 2.87. The zero-order valence-electron chi connectivity index (χ0n) is 13.6. The molecule has 1 aliphatic carbocycles. The van der Waals surface area contributed by atoms with E-state index < -0.39 is 5.54 Å². The molecule has 0 aromatic heterocycles. The van der Waals surface area contributed by atoms with Crippen molar-refractivity contribution in [2.24, 2.45) is 11.7 Å². The Labute approximate surface area is 128 Å². The molecule has 2 aliphatic rings. The fraction of sp³-hybridized carbons (Fsp3) is 0.938. The lowest BCUT2D eigenvalue weighted by atomic mass is 9.83. The van der Waals surface area contributed by atoms with Crippen molar-refractivity contribution < 1.29 is 9.53 Å². The van der Waals surface area contributed by atoms with Gasteiger partial charge in [-0.05, 0) is 51.6 Å². The Morgan fingerprint density at radius 2 is 2.33 bits per heavy atom. The van der Waals surface area contributed by atoms with Crippen molar-refractivity contribution in [2.45, 2.75) is 57.6 Å². The van der Waals surface area contributed by atoms with Gasteiger partial charge >= 0.3 is 0 Å². The molecule has 5 nitrogen and oxygen atoms in total. The third-order valence-corrected chi connectivity index (χ3v) is 5.07. The monoisotopic (exact) mass is 297 g/mol. The van der Waals surface area contributed by atoms with Gasteiger partial charge in [-0.1, -0.05) is 13.3 Å².